The topological polar surface area (TPSA) is 86.8 Å². The lowest BCUT2D eigenvalue weighted by atomic mass is 10.1. The number of hydrogen-bond donors (Lipinski definition) is 1. The summed E-state index contributed by atoms with van der Waals surface area (Å²) in [6.45, 7) is 4.68. The van der Waals surface area contributed by atoms with E-state index in [0.717, 1.165) is 10.6 Å². The predicted molar refractivity (Wildman–Crippen MR) is 143 cm³/mol. The lowest BCUT2D eigenvalue weighted by Crippen LogP contribution is -2.52. The van der Waals surface area contributed by atoms with Gasteiger partial charge in [0.15, 0.2) is 0 Å². The molecule has 0 fully saturated rings. The van der Waals surface area contributed by atoms with Crippen LogP contribution < -0.4 is 9.62 Å². The Kier molecular flexibility index (Phi) is 10.5. The second kappa shape index (κ2) is 12.5. The van der Waals surface area contributed by atoms with Crippen LogP contribution >= 0.6 is 46.4 Å². The number of nitrogens with zero attached hydrogens (tertiary/aromatic N) is 2. The fourth-order valence-electron chi connectivity index (χ4n) is 3.15. The van der Waals surface area contributed by atoms with Crippen molar-refractivity contribution in [2.24, 2.45) is 0 Å². The first kappa shape index (κ1) is 29.5. The van der Waals surface area contributed by atoms with Gasteiger partial charge in [0.05, 0.1) is 17.0 Å². The molecular weight excluding hydrogens is 556 g/mol. The molecule has 0 radical (unpaired) electrons. The quantitative estimate of drug-likeness (QED) is 0.406. The highest BCUT2D eigenvalue weighted by molar-refractivity contribution is 7.92. The lowest BCUT2D eigenvalue weighted by molar-refractivity contribution is -0.139. The summed E-state index contributed by atoms with van der Waals surface area (Å²) in [5.41, 5.74) is 0.593. The molecule has 0 bridgehead atoms. The minimum Gasteiger partial charge on any atom is -0.352 e. The van der Waals surface area contributed by atoms with Crippen molar-refractivity contribution in [1.29, 1.82) is 0 Å². The Labute approximate surface area is 226 Å². The minimum absolute atomic E-state index is 0.0508. The molecule has 0 aliphatic carbocycles. The van der Waals surface area contributed by atoms with Crippen molar-refractivity contribution in [3.63, 3.8) is 0 Å². The van der Waals surface area contributed by atoms with E-state index in [1.165, 1.54) is 29.2 Å². The summed E-state index contributed by atoms with van der Waals surface area (Å²) in [4.78, 5) is 27.7. The molecule has 2 rings (SSSR count). The molecule has 7 nitrogen and oxygen atoms in total. The Morgan fingerprint density at radius 1 is 0.971 bits per heavy atom. The van der Waals surface area contributed by atoms with Crippen molar-refractivity contribution in [3.05, 3.63) is 62.1 Å². The second-order valence-electron chi connectivity index (χ2n) is 8.12. The van der Waals surface area contributed by atoms with E-state index in [9.17, 15) is 18.0 Å². The summed E-state index contributed by atoms with van der Waals surface area (Å²) in [5.74, 6) is -1.02. The van der Waals surface area contributed by atoms with Crippen molar-refractivity contribution in [2.45, 2.75) is 45.8 Å². The zero-order chi connectivity index (χ0) is 26.5. The molecule has 192 valence electrons. The highest BCUT2D eigenvalue weighted by Gasteiger charge is 2.31. The number of carbonyl (C=O) groups excluding carboxylic acids is 2. The molecule has 0 aliphatic rings. The van der Waals surface area contributed by atoms with Gasteiger partial charge in [-0.15, -0.1) is 0 Å². The zero-order valence-electron chi connectivity index (χ0n) is 19.7. The number of sulfonamides is 1. The molecule has 0 saturated carbocycles. The van der Waals surface area contributed by atoms with Crippen LogP contribution in [0.1, 0.15) is 32.8 Å². The third kappa shape index (κ3) is 8.15. The number of amides is 2. The van der Waals surface area contributed by atoms with Crippen LogP contribution in [0.4, 0.5) is 5.69 Å². The smallest absolute Gasteiger partial charge is 0.244 e. The average Bonchev–Trinajstić information content (AvgIpc) is 2.77. The summed E-state index contributed by atoms with van der Waals surface area (Å²) < 4.78 is 26.1. The van der Waals surface area contributed by atoms with Crippen molar-refractivity contribution < 1.29 is 18.0 Å². The van der Waals surface area contributed by atoms with Crippen LogP contribution in [-0.2, 0) is 26.2 Å². The average molecular weight is 583 g/mol. The maximum absolute atomic E-state index is 13.5. The third-order valence-electron chi connectivity index (χ3n) is 5.38. The maximum Gasteiger partial charge on any atom is 0.244 e. The van der Waals surface area contributed by atoms with Gasteiger partial charge in [0.1, 0.15) is 12.6 Å². The van der Waals surface area contributed by atoms with Gasteiger partial charge < -0.3 is 10.2 Å². The van der Waals surface area contributed by atoms with Gasteiger partial charge in [-0.3, -0.25) is 13.9 Å². The molecule has 2 amide bonds. The van der Waals surface area contributed by atoms with Gasteiger partial charge in [-0.05, 0) is 56.2 Å². The number of nitrogens with one attached hydrogen (secondary N) is 1. The van der Waals surface area contributed by atoms with Crippen LogP contribution in [0.15, 0.2) is 36.4 Å². The first-order valence-corrected chi connectivity index (χ1v) is 14.1. The minimum atomic E-state index is -3.94. The van der Waals surface area contributed by atoms with E-state index in [1.807, 2.05) is 13.8 Å². The molecule has 0 aromatic heterocycles. The zero-order valence-corrected chi connectivity index (χ0v) is 23.5. The van der Waals surface area contributed by atoms with Crippen molar-refractivity contribution in [2.75, 3.05) is 17.1 Å². The standard InChI is InChI=1S/C23H27Cl4N3O4S/c1-5-14(2)28-23(32)15(3)29(12-16-6-7-17(24)10-20(16)27)22(31)13-30(35(4,33)34)21-11-18(25)8-9-19(21)26/h6-11,14-15H,5,12-13H2,1-4H3,(H,28,32)/t14-,15-/m1/s1. The highest BCUT2D eigenvalue weighted by Crippen LogP contribution is 2.31. The summed E-state index contributed by atoms with van der Waals surface area (Å²) >= 11 is 24.6. The van der Waals surface area contributed by atoms with Crippen LogP contribution in [0.5, 0.6) is 0 Å². The molecule has 0 unspecified atom stereocenters. The van der Waals surface area contributed by atoms with E-state index >= 15 is 0 Å². The van der Waals surface area contributed by atoms with Gasteiger partial charge >= 0.3 is 0 Å². The molecule has 0 heterocycles. The number of rotatable bonds is 10. The molecule has 2 aromatic rings. The van der Waals surface area contributed by atoms with Gasteiger partial charge in [0, 0.05) is 27.7 Å². The van der Waals surface area contributed by atoms with E-state index in [2.05, 4.69) is 5.32 Å². The van der Waals surface area contributed by atoms with Gasteiger partial charge in [0.25, 0.3) is 0 Å². The SMILES string of the molecule is CC[C@@H](C)NC(=O)[C@@H](C)N(Cc1ccc(Cl)cc1Cl)C(=O)CN(c1cc(Cl)ccc1Cl)S(C)(=O)=O. The number of halogens is 4. The molecule has 1 N–H and O–H groups in total. The van der Waals surface area contributed by atoms with Crippen molar-refractivity contribution in [1.82, 2.24) is 10.2 Å². The Bertz CT molecular complexity index is 1190. The Balaban J connectivity index is 2.47. The van der Waals surface area contributed by atoms with Gasteiger partial charge in [-0.1, -0.05) is 59.4 Å². The number of carbonyl (C=O) groups is 2. The molecule has 35 heavy (non-hydrogen) atoms. The summed E-state index contributed by atoms with van der Waals surface area (Å²) in [7, 11) is -3.94. The third-order valence-corrected chi connectivity index (χ3v) is 7.65. The fourth-order valence-corrected chi connectivity index (χ4v) is 4.91. The largest absolute Gasteiger partial charge is 0.352 e. The van der Waals surface area contributed by atoms with Gasteiger partial charge in [-0.2, -0.15) is 0 Å². The Morgan fingerprint density at radius 3 is 2.14 bits per heavy atom. The van der Waals surface area contributed by atoms with Crippen LogP contribution in [0.2, 0.25) is 20.1 Å². The summed E-state index contributed by atoms with van der Waals surface area (Å²) in [5, 5.41) is 3.92. The fraction of sp³-hybridized carbons (Fsp3) is 0.391. The summed E-state index contributed by atoms with van der Waals surface area (Å²) in [6.07, 6.45) is 1.65. The van der Waals surface area contributed by atoms with Crippen LogP contribution in [-0.4, -0.2) is 50.0 Å². The van der Waals surface area contributed by atoms with E-state index in [4.69, 9.17) is 46.4 Å². The lowest BCUT2D eigenvalue weighted by Gasteiger charge is -2.32. The normalized spacial score (nSPS) is 13.1. The van der Waals surface area contributed by atoms with Gasteiger partial charge in [0.2, 0.25) is 21.8 Å². The highest BCUT2D eigenvalue weighted by atomic mass is 35.5. The van der Waals surface area contributed by atoms with E-state index < -0.39 is 28.5 Å². The van der Waals surface area contributed by atoms with E-state index in [-0.39, 0.29) is 34.2 Å². The molecule has 0 spiro atoms. The van der Waals surface area contributed by atoms with Crippen LogP contribution in [0, 0.1) is 0 Å². The number of anilines is 1. The Hall–Kier alpha value is -1.71. The maximum atomic E-state index is 13.5. The Morgan fingerprint density at radius 2 is 1.57 bits per heavy atom. The van der Waals surface area contributed by atoms with Crippen molar-refractivity contribution in [3.8, 4) is 0 Å². The number of hydrogen-bond acceptors (Lipinski definition) is 4. The molecule has 0 aliphatic heterocycles. The molecule has 2 atom stereocenters. The molecular formula is C23H27Cl4N3O4S. The van der Waals surface area contributed by atoms with Gasteiger partial charge in [-0.25, -0.2) is 8.42 Å². The van der Waals surface area contributed by atoms with E-state index in [1.54, 1.807) is 19.1 Å². The summed E-state index contributed by atoms with van der Waals surface area (Å²) in [6, 6.07) is 8.05. The van der Waals surface area contributed by atoms with Crippen LogP contribution in [0.3, 0.4) is 0 Å². The van der Waals surface area contributed by atoms with E-state index in [0.29, 0.717) is 22.0 Å². The first-order chi connectivity index (χ1) is 16.2. The van der Waals surface area contributed by atoms with Crippen LogP contribution in [0.25, 0.3) is 0 Å². The second-order valence-corrected chi connectivity index (χ2v) is 11.7. The number of benzene rings is 2. The molecule has 12 heteroatoms. The molecule has 0 saturated heterocycles. The monoisotopic (exact) mass is 581 g/mol. The first-order valence-electron chi connectivity index (χ1n) is 10.7. The molecule has 2 aromatic carbocycles. The van der Waals surface area contributed by atoms with Crippen molar-refractivity contribution >= 4 is 73.9 Å². The predicted octanol–water partition coefficient (Wildman–Crippen LogP) is 5.40.